The van der Waals surface area contributed by atoms with Crippen LogP contribution in [0.4, 0.5) is 0 Å². The van der Waals surface area contributed by atoms with Crippen LogP contribution in [-0.4, -0.2) is 44.2 Å². The second kappa shape index (κ2) is 6.02. The Kier molecular flexibility index (Phi) is 4.52. The first-order chi connectivity index (χ1) is 9.91. The smallest absolute Gasteiger partial charge is 0.297 e. The Morgan fingerprint density at radius 1 is 1.19 bits per heavy atom. The van der Waals surface area contributed by atoms with Crippen LogP contribution in [0.5, 0.6) is 0 Å². The van der Waals surface area contributed by atoms with E-state index in [2.05, 4.69) is 0 Å². The monoisotopic (exact) mass is 316 g/mol. The highest BCUT2D eigenvalue weighted by Gasteiger charge is 2.38. The summed E-state index contributed by atoms with van der Waals surface area (Å²) in [6.45, 7) is 0.301. The average Bonchev–Trinajstić information content (AvgIpc) is 2.90. The van der Waals surface area contributed by atoms with Crippen molar-refractivity contribution in [3.63, 3.8) is 0 Å². The first-order valence-electron chi connectivity index (χ1n) is 6.14. The summed E-state index contributed by atoms with van der Waals surface area (Å²) in [5.41, 5.74) is 0.930. The van der Waals surface area contributed by atoms with Crippen molar-refractivity contribution in [3.05, 3.63) is 41.9 Å². The SMILES string of the molecule is Cc1ccc(S(=O)(=O)OCC2=COC(CO)(CO)O2)cc1. The molecule has 7 nitrogen and oxygen atoms in total. The van der Waals surface area contributed by atoms with Crippen LogP contribution in [0.2, 0.25) is 0 Å². The van der Waals surface area contributed by atoms with E-state index in [1.165, 1.54) is 12.1 Å². The maximum Gasteiger partial charge on any atom is 0.297 e. The Balaban J connectivity index is 1.99. The molecule has 2 N–H and O–H groups in total. The molecule has 0 fully saturated rings. The van der Waals surface area contributed by atoms with Crippen molar-refractivity contribution in [1.29, 1.82) is 0 Å². The quantitative estimate of drug-likeness (QED) is 0.726. The first kappa shape index (κ1) is 15.8. The molecule has 1 aliphatic rings. The molecule has 21 heavy (non-hydrogen) atoms. The average molecular weight is 316 g/mol. The van der Waals surface area contributed by atoms with E-state index < -0.39 is 35.7 Å². The number of aliphatic hydroxyl groups is 2. The highest BCUT2D eigenvalue weighted by Crippen LogP contribution is 2.25. The zero-order chi connectivity index (χ0) is 15.5. The van der Waals surface area contributed by atoms with Crippen molar-refractivity contribution in [3.8, 4) is 0 Å². The van der Waals surface area contributed by atoms with E-state index in [4.69, 9.17) is 23.9 Å². The number of ether oxygens (including phenoxy) is 2. The molecule has 8 heteroatoms. The van der Waals surface area contributed by atoms with Crippen LogP contribution in [-0.2, 0) is 23.8 Å². The first-order valence-corrected chi connectivity index (χ1v) is 7.55. The second-order valence-electron chi connectivity index (χ2n) is 4.56. The largest absolute Gasteiger partial charge is 0.452 e. The third-order valence-corrected chi connectivity index (χ3v) is 4.15. The van der Waals surface area contributed by atoms with Crippen LogP contribution in [0.15, 0.2) is 41.2 Å². The molecule has 0 bridgehead atoms. The summed E-state index contributed by atoms with van der Waals surface area (Å²) in [7, 11) is -3.92. The van der Waals surface area contributed by atoms with Gasteiger partial charge in [0.1, 0.15) is 26.1 Å². The summed E-state index contributed by atoms with van der Waals surface area (Å²) < 4.78 is 38.9. The van der Waals surface area contributed by atoms with E-state index in [-0.39, 0.29) is 10.7 Å². The zero-order valence-corrected chi connectivity index (χ0v) is 12.2. The van der Waals surface area contributed by atoms with Gasteiger partial charge < -0.3 is 19.7 Å². The van der Waals surface area contributed by atoms with Crippen molar-refractivity contribution < 1.29 is 32.3 Å². The van der Waals surface area contributed by atoms with Gasteiger partial charge in [-0.25, -0.2) is 0 Å². The molecule has 1 aromatic carbocycles. The Bertz CT molecular complexity index is 614. The van der Waals surface area contributed by atoms with Gasteiger partial charge in [-0.3, -0.25) is 4.18 Å². The van der Waals surface area contributed by atoms with Crippen molar-refractivity contribution in [2.24, 2.45) is 0 Å². The minimum absolute atomic E-state index is 0.0307. The van der Waals surface area contributed by atoms with Gasteiger partial charge >= 0.3 is 0 Å². The minimum Gasteiger partial charge on any atom is -0.452 e. The summed E-state index contributed by atoms with van der Waals surface area (Å²) in [5, 5.41) is 18.1. The summed E-state index contributed by atoms with van der Waals surface area (Å²) in [6.07, 6.45) is 1.11. The highest BCUT2D eigenvalue weighted by molar-refractivity contribution is 7.86. The third kappa shape index (κ3) is 3.53. The van der Waals surface area contributed by atoms with Crippen LogP contribution in [0.1, 0.15) is 5.56 Å². The zero-order valence-electron chi connectivity index (χ0n) is 11.4. The predicted molar refractivity (Wildman–Crippen MR) is 71.5 cm³/mol. The molecule has 1 aliphatic heterocycles. The molecular weight excluding hydrogens is 300 g/mol. The molecule has 1 heterocycles. The maximum absolute atomic E-state index is 12.0. The molecule has 0 saturated heterocycles. The molecular formula is C13H16O7S. The number of hydrogen-bond donors (Lipinski definition) is 2. The van der Waals surface area contributed by atoms with Crippen LogP contribution >= 0.6 is 0 Å². The summed E-state index contributed by atoms with van der Waals surface area (Å²) in [4.78, 5) is 0.0307. The van der Waals surface area contributed by atoms with E-state index in [1.807, 2.05) is 6.92 Å². The van der Waals surface area contributed by atoms with Gasteiger partial charge in [-0.2, -0.15) is 8.42 Å². The Morgan fingerprint density at radius 3 is 2.33 bits per heavy atom. The fourth-order valence-corrected chi connectivity index (χ4v) is 2.50. The molecule has 0 atom stereocenters. The standard InChI is InChI=1S/C13H16O7S/c1-10-2-4-12(5-3-10)21(16,17)19-7-11-6-18-13(8-14,9-15)20-11/h2-6,14-15H,7-9H2,1H3. The molecule has 1 aromatic rings. The van der Waals surface area contributed by atoms with Gasteiger partial charge in [-0.1, -0.05) is 17.7 Å². The van der Waals surface area contributed by atoms with Gasteiger partial charge in [-0.15, -0.1) is 0 Å². The molecule has 0 unspecified atom stereocenters. The lowest BCUT2D eigenvalue weighted by Crippen LogP contribution is -2.39. The summed E-state index contributed by atoms with van der Waals surface area (Å²) >= 11 is 0. The van der Waals surface area contributed by atoms with Crippen LogP contribution in [0.25, 0.3) is 0 Å². The Labute approximate surface area is 122 Å². The van der Waals surface area contributed by atoms with Gasteiger partial charge in [0.2, 0.25) is 0 Å². The van der Waals surface area contributed by atoms with Gasteiger partial charge in [0.05, 0.1) is 4.90 Å². The molecule has 0 spiro atoms. The Hall–Kier alpha value is -1.61. The molecule has 0 amide bonds. The molecule has 116 valence electrons. The lowest BCUT2D eigenvalue weighted by Gasteiger charge is -2.23. The fourth-order valence-electron chi connectivity index (χ4n) is 1.62. The molecule has 0 aliphatic carbocycles. The molecule has 2 rings (SSSR count). The summed E-state index contributed by atoms with van der Waals surface area (Å²) in [5.74, 6) is -1.51. The van der Waals surface area contributed by atoms with Gasteiger partial charge in [0.15, 0.2) is 5.76 Å². The van der Waals surface area contributed by atoms with Crippen molar-refractivity contribution >= 4 is 10.1 Å². The van der Waals surface area contributed by atoms with Gasteiger partial charge in [-0.05, 0) is 19.1 Å². The maximum atomic E-state index is 12.0. The van der Waals surface area contributed by atoms with Crippen molar-refractivity contribution in [1.82, 2.24) is 0 Å². The molecule has 0 radical (unpaired) electrons. The number of benzene rings is 1. The van der Waals surface area contributed by atoms with Crippen molar-refractivity contribution in [2.75, 3.05) is 19.8 Å². The third-order valence-electron chi connectivity index (χ3n) is 2.87. The van der Waals surface area contributed by atoms with Crippen molar-refractivity contribution in [2.45, 2.75) is 17.6 Å². The number of aryl methyl sites for hydroxylation is 1. The van der Waals surface area contributed by atoms with E-state index >= 15 is 0 Å². The van der Waals surface area contributed by atoms with Gasteiger partial charge in [0.25, 0.3) is 15.9 Å². The predicted octanol–water partition coefficient (Wildman–Crippen LogP) is 0.269. The summed E-state index contributed by atoms with van der Waals surface area (Å²) in [6, 6.07) is 6.20. The second-order valence-corrected chi connectivity index (χ2v) is 6.18. The van der Waals surface area contributed by atoms with E-state index in [0.717, 1.165) is 11.8 Å². The van der Waals surface area contributed by atoms with Crippen LogP contribution in [0, 0.1) is 6.92 Å². The minimum atomic E-state index is -3.92. The topological polar surface area (TPSA) is 102 Å². The van der Waals surface area contributed by atoms with E-state index in [0.29, 0.717) is 0 Å². The van der Waals surface area contributed by atoms with Gasteiger partial charge in [0, 0.05) is 0 Å². The highest BCUT2D eigenvalue weighted by atomic mass is 32.2. The van der Waals surface area contributed by atoms with Crippen LogP contribution in [0.3, 0.4) is 0 Å². The Morgan fingerprint density at radius 2 is 1.81 bits per heavy atom. The molecule has 0 saturated carbocycles. The lowest BCUT2D eigenvalue weighted by atomic mass is 10.2. The number of rotatable bonds is 6. The normalized spacial score (nSPS) is 17.0. The lowest BCUT2D eigenvalue weighted by molar-refractivity contribution is -0.198. The number of hydrogen-bond acceptors (Lipinski definition) is 7. The van der Waals surface area contributed by atoms with E-state index in [1.54, 1.807) is 12.1 Å². The van der Waals surface area contributed by atoms with E-state index in [9.17, 15) is 8.42 Å². The van der Waals surface area contributed by atoms with Crippen LogP contribution < -0.4 is 0 Å². The molecule has 0 aromatic heterocycles. The number of aliphatic hydroxyl groups excluding tert-OH is 2. The fraction of sp³-hybridized carbons (Fsp3) is 0.385.